The number of hydrogen-bond acceptors (Lipinski definition) is 5. The van der Waals surface area contributed by atoms with Crippen molar-refractivity contribution in [2.24, 2.45) is 11.8 Å². The van der Waals surface area contributed by atoms with Crippen molar-refractivity contribution in [3.8, 4) is 0 Å². The number of carbonyl (C=O) groups excluding carboxylic acids is 1. The van der Waals surface area contributed by atoms with Gasteiger partial charge in [0.25, 0.3) is 0 Å². The quantitative estimate of drug-likeness (QED) is 0.761. The molecule has 116 valence electrons. The van der Waals surface area contributed by atoms with E-state index in [1.54, 1.807) is 0 Å². The van der Waals surface area contributed by atoms with Gasteiger partial charge in [0.2, 0.25) is 10.0 Å². The Labute approximate surface area is 120 Å². The van der Waals surface area contributed by atoms with Gasteiger partial charge in [0, 0.05) is 13.1 Å². The van der Waals surface area contributed by atoms with Crippen LogP contribution in [0.4, 0.5) is 0 Å². The van der Waals surface area contributed by atoms with Crippen LogP contribution in [0.3, 0.4) is 0 Å². The van der Waals surface area contributed by atoms with Gasteiger partial charge in [-0.2, -0.15) is 4.31 Å². The van der Waals surface area contributed by atoms with E-state index in [9.17, 15) is 18.3 Å². The number of methoxy groups -OCH3 is 1. The van der Waals surface area contributed by atoms with Gasteiger partial charge in [-0.15, -0.1) is 0 Å². The average molecular weight is 305 g/mol. The molecule has 20 heavy (non-hydrogen) atoms. The van der Waals surface area contributed by atoms with Crippen molar-refractivity contribution >= 4 is 16.0 Å². The second-order valence-electron chi connectivity index (χ2n) is 5.84. The molecule has 2 rings (SSSR count). The zero-order valence-electron chi connectivity index (χ0n) is 12.0. The molecule has 0 aromatic rings. The molecule has 4 atom stereocenters. The maximum atomic E-state index is 12.7. The van der Waals surface area contributed by atoms with Crippen molar-refractivity contribution in [2.45, 2.75) is 44.0 Å². The molecule has 0 amide bonds. The molecule has 1 aliphatic carbocycles. The van der Waals surface area contributed by atoms with Gasteiger partial charge in [-0.3, -0.25) is 4.79 Å². The molecule has 1 aliphatic heterocycles. The SMILES string of the molecule is COC(=O)C1CCCC1S(=O)(=O)N1CCC(C)C(O)C1. The van der Waals surface area contributed by atoms with Gasteiger partial charge in [-0.05, 0) is 25.2 Å². The fourth-order valence-corrected chi connectivity index (χ4v) is 5.38. The van der Waals surface area contributed by atoms with Gasteiger partial charge in [-0.25, -0.2) is 8.42 Å². The van der Waals surface area contributed by atoms with Gasteiger partial charge >= 0.3 is 5.97 Å². The Balaban J connectivity index is 2.15. The Kier molecular flexibility index (Phi) is 4.71. The summed E-state index contributed by atoms with van der Waals surface area (Å²) in [5.41, 5.74) is 0. The highest BCUT2D eigenvalue weighted by Gasteiger charge is 2.46. The zero-order chi connectivity index (χ0) is 14.9. The van der Waals surface area contributed by atoms with E-state index in [-0.39, 0.29) is 12.5 Å². The summed E-state index contributed by atoms with van der Waals surface area (Å²) in [6.45, 7) is 2.47. The summed E-state index contributed by atoms with van der Waals surface area (Å²) in [4.78, 5) is 11.7. The van der Waals surface area contributed by atoms with Crippen LogP contribution < -0.4 is 0 Å². The van der Waals surface area contributed by atoms with E-state index in [0.29, 0.717) is 25.8 Å². The molecule has 1 N–H and O–H groups in total. The van der Waals surface area contributed by atoms with E-state index in [4.69, 9.17) is 4.74 Å². The minimum absolute atomic E-state index is 0.112. The van der Waals surface area contributed by atoms with Crippen molar-refractivity contribution in [2.75, 3.05) is 20.2 Å². The number of piperidine rings is 1. The van der Waals surface area contributed by atoms with Crippen molar-refractivity contribution in [1.29, 1.82) is 0 Å². The molecule has 0 spiro atoms. The standard InChI is InChI=1S/C13H23NO5S/c1-9-6-7-14(8-11(9)15)20(17,18)12-5-3-4-10(12)13(16)19-2/h9-12,15H,3-8H2,1-2H3. The molecule has 6 nitrogen and oxygen atoms in total. The molecular formula is C13H23NO5S. The molecule has 0 bridgehead atoms. The van der Waals surface area contributed by atoms with E-state index in [0.717, 1.165) is 6.42 Å². The lowest BCUT2D eigenvalue weighted by atomic mass is 9.98. The summed E-state index contributed by atoms with van der Waals surface area (Å²) in [5, 5.41) is 9.18. The van der Waals surface area contributed by atoms with Gasteiger partial charge in [0.05, 0.1) is 24.4 Å². The monoisotopic (exact) mass is 305 g/mol. The number of nitrogens with zero attached hydrogens (tertiary/aromatic N) is 1. The van der Waals surface area contributed by atoms with E-state index < -0.39 is 33.3 Å². The van der Waals surface area contributed by atoms with Crippen LogP contribution in [0.2, 0.25) is 0 Å². The van der Waals surface area contributed by atoms with Crippen molar-refractivity contribution in [3.63, 3.8) is 0 Å². The highest BCUT2D eigenvalue weighted by Crippen LogP contribution is 2.35. The number of ether oxygens (including phenoxy) is 1. The van der Waals surface area contributed by atoms with Crippen LogP contribution in [0.15, 0.2) is 0 Å². The second-order valence-corrected chi connectivity index (χ2v) is 7.99. The summed E-state index contributed by atoms with van der Waals surface area (Å²) in [5.74, 6) is -0.898. The third kappa shape index (κ3) is 2.84. The van der Waals surface area contributed by atoms with E-state index in [1.807, 2.05) is 6.92 Å². The molecular weight excluding hydrogens is 282 g/mol. The number of aliphatic hydroxyl groups excluding tert-OH is 1. The number of hydrogen-bond donors (Lipinski definition) is 1. The predicted molar refractivity (Wildman–Crippen MR) is 73.4 cm³/mol. The first kappa shape index (κ1) is 15.7. The first-order valence-corrected chi connectivity index (χ1v) is 8.63. The zero-order valence-corrected chi connectivity index (χ0v) is 12.8. The Hall–Kier alpha value is -0.660. The number of sulfonamides is 1. The van der Waals surface area contributed by atoms with Crippen molar-refractivity contribution < 1.29 is 23.1 Å². The predicted octanol–water partition coefficient (Wildman–Crippen LogP) is 0.361. The van der Waals surface area contributed by atoms with Crippen LogP contribution >= 0.6 is 0 Å². The van der Waals surface area contributed by atoms with Gasteiger partial charge < -0.3 is 9.84 Å². The van der Waals surface area contributed by atoms with Crippen LogP contribution in [0.25, 0.3) is 0 Å². The summed E-state index contributed by atoms with van der Waals surface area (Å²) < 4.78 is 31.4. The molecule has 0 radical (unpaired) electrons. The topological polar surface area (TPSA) is 83.9 Å². The number of carbonyl (C=O) groups is 1. The molecule has 1 heterocycles. The smallest absolute Gasteiger partial charge is 0.310 e. The van der Waals surface area contributed by atoms with Crippen LogP contribution in [0.5, 0.6) is 0 Å². The Morgan fingerprint density at radius 2 is 2.00 bits per heavy atom. The molecule has 7 heteroatoms. The first-order chi connectivity index (χ1) is 9.37. The number of rotatable bonds is 3. The van der Waals surface area contributed by atoms with Crippen LogP contribution in [0, 0.1) is 11.8 Å². The fraction of sp³-hybridized carbons (Fsp3) is 0.923. The van der Waals surface area contributed by atoms with Gasteiger partial charge in [0.15, 0.2) is 0 Å². The second kappa shape index (κ2) is 5.99. The maximum Gasteiger partial charge on any atom is 0.310 e. The third-order valence-electron chi connectivity index (χ3n) is 4.58. The third-order valence-corrected chi connectivity index (χ3v) is 6.96. The normalized spacial score (nSPS) is 36.0. The summed E-state index contributed by atoms with van der Waals surface area (Å²) in [7, 11) is -2.26. The molecule has 0 aromatic heterocycles. The summed E-state index contributed by atoms with van der Waals surface area (Å²) in [6, 6.07) is 0. The Morgan fingerprint density at radius 3 is 2.60 bits per heavy atom. The van der Waals surface area contributed by atoms with Gasteiger partial charge in [0.1, 0.15) is 0 Å². The maximum absolute atomic E-state index is 12.7. The number of β-amino-alcohol motifs (C(OH)–C–C–N with tert-alkyl or cyclic N) is 1. The lowest BCUT2D eigenvalue weighted by Gasteiger charge is -2.35. The van der Waals surface area contributed by atoms with Crippen LogP contribution in [0.1, 0.15) is 32.6 Å². The van der Waals surface area contributed by atoms with Crippen LogP contribution in [-0.4, -0.2) is 55.4 Å². The first-order valence-electron chi connectivity index (χ1n) is 7.12. The van der Waals surface area contributed by atoms with E-state index in [2.05, 4.69) is 0 Å². The van der Waals surface area contributed by atoms with Crippen molar-refractivity contribution in [1.82, 2.24) is 4.31 Å². The molecule has 2 fully saturated rings. The van der Waals surface area contributed by atoms with Crippen molar-refractivity contribution in [3.05, 3.63) is 0 Å². The Bertz CT molecular complexity index is 463. The Morgan fingerprint density at radius 1 is 1.30 bits per heavy atom. The molecule has 1 saturated heterocycles. The number of aliphatic hydroxyl groups is 1. The van der Waals surface area contributed by atoms with Crippen LogP contribution in [-0.2, 0) is 19.6 Å². The minimum Gasteiger partial charge on any atom is -0.469 e. The largest absolute Gasteiger partial charge is 0.469 e. The lowest BCUT2D eigenvalue weighted by molar-refractivity contribution is -0.145. The van der Waals surface area contributed by atoms with Gasteiger partial charge in [-0.1, -0.05) is 13.3 Å². The minimum atomic E-state index is -3.55. The molecule has 1 saturated carbocycles. The number of esters is 1. The van der Waals surface area contributed by atoms with E-state index in [1.165, 1.54) is 11.4 Å². The lowest BCUT2D eigenvalue weighted by Crippen LogP contribution is -2.50. The molecule has 0 aromatic carbocycles. The molecule has 2 aliphatic rings. The molecule has 4 unspecified atom stereocenters. The summed E-state index contributed by atoms with van der Waals surface area (Å²) in [6.07, 6.45) is 1.79. The highest BCUT2D eigenvalue weighted by molar-refractivity contribution is 7.89. The summed E-state index contributed by atoms with van der Waals surface area (Å²) >= 11 is 0. The highest BCUT2D eigenvalue weighted by atomic mass is 32.2. The fourth-order valence-electron chi connectivity index (χ4n) is 3.15. The van der Waals surface area contributed by atoms with E-state index >= 15 is 0 Å². The average Bonchev–Trinajstić information content (AvgIpc) is 2.90.